The number of nitrogens with zero attached hydrogens (tertiary/aromatic N) is 1. The highest BCUT2D eigenvalue weighted by molar-refractivity contribution is 7.90. The Balaban J connectivity index is 1.48. The van der Waals surface area contributed by atoms with Crippen LogP contribution < -0.4 is 15.4 Å². The average Bonchev–Trinajstić information content (AvgIpc) is 2.75. The van der Waals surface area contributed by atoms with Gasteiger partial charge in [-0.05, 0) is 55.5 Å². The molecule has 1 aliphatic carbocycles. The number of hydrogen-bond acceptors (Lipinski definition) is 5. The second-order valence-corrected chi connectivity index (χ2v) is 9.47. The molecule has 0 spiro atoms. The fourth-order valence-electron chi connectivity index (χ4n) is 3.49. The van der Waals surface area contributed by atoms with Crippen LogP contribution in [0.3, 0.4) is 0 Å². The van der Waals surface area contributed by atoms with Crippen LogP contribution in [0.5, 0.6) is 0 Å². The van der Waals surface area contributed by atoms with Gasteiger partial charge < -0.3 is 10.6 Å². The lowest BCUT2D eigenvalue weighted by Crippen LogP contribution is -2.45. The van der Waals surface area contributed by atoms with E-state index in [1.165, 1.54) is 12.1 Å². The molecule has 0 unspecified atom stereocenters. The number of pyridine rings is 1. The van der Waals surface area contributed by atoms with Crippen molar-refractivity contribution < 1.29 is 18.0 Å². The molecule has 3 amide bonds. The largest absolute Gasteiger partial charge is 0.350 e. The minimum Gasteiger partial charge on any atom is -0.350 e. The molecule has 1 aromatic carbocycles. The summed E-state index contributed by atoms with van der Waals surface area (Å²) in [6.45, 7) is 2.29. The predicted octanol–water partition coefficient (Wildman–Crippen LogP) is 2.68. The number of aryl methyl sites for hydroxylation is 1. The summed E-state index contributed by atoms with van der Waals surface area (Å²) in [7, 11) is -3.94. The lowest BCUT2D eigenvalue weighted by Gasteiger charge is -2.22. The minimum atomic E-state index is -3.94. The van der Waals surface area contributed by atoms with Gasteiger partial charge in [0.2, 0.25) is 0 Å². The summed E-state index contributed by atoms with van der Waals surface area (Å²) >= 11 is 0. The third-order valence-corrected chi connectivity index (χ3v) is 6.59. The molecule has 1 heterocycles. The van der Waals surface area contributed by atoms with Gasteiger partial charge in [0.1, 0.15) is 5.69 Å². The second-order valence-electron chi connectivity index (χ2n) is 7.78. The van der Waals surface area contributed by atoms with Crippen molar-refractivity contribution in [2.24, 2.45) is 0 Å². The van der Waals surface area contributed by atoms with E-state index >= 15 is 0 Å². The van der Waals surface area contributed by atoms with Gasteiger partial charge in [-0.2, -0.15) is 0 Å². The predicted molar refractivity (Wildman–Crippen MR) is 117 cm³/mol. The first-order valence-electron chi connectivity index (χ1n) is 10.5. The quantitative estimate of drug-likeness (QED) is 0.607. The number of benzene rings is 1. The second kappa shape index (κ2) is 10.4. The number of aromatic nitrogens is 1. The van der Waals surface area contributed by atoms with E-state index in [4.69, 9.17) is 0 Å². The van der Waals surface area contributed by atoms with Crippen LogP contribution in [0.2, 0.25) is 0 Å². The molecule has 0 saturated heterocycles. The number of carbonyl (C=O) groups excluding carboxylic acids is 2. The van der Waals surface area contributed by atoms with E-state index in [-0.39, 0.29) is 16.8 Å². The molecule has 31 heavy (non-hydrogen) atoms. The van der Waals surface area contributed by atoms with Crippen molar-refractivity contribution in [3.05, 3.63) is 59.4 Å². The van der Waals surface area contributed by atoms with Gasteiger partial charge in [-0.15, -0.1) is 0 Å². The van der Waals surface area contributed by atoms with E-state index < -0.39 is 16.1 Å². The van der Waals surface area contributed by atoms with Gasteiger partial charge in [0.25, 0.3) is 15.9 Å². The number of carbonyl (C=O) groups is 2. The number of hydrogen-bond donors (Lipinski definition) is 3. The molecule has 9 heteroatoms. The lowest BCUT2D eigenvalue weighted by atomic mass is 9.96. The van der Waals surface area contributed by atoms with Crippen molar-refractivity contribution in [3.8, 4) is 0 Å². The summed E-state index contributed by atoms with van der Waals surface area (Å²) < 4.78 is 27.0. The smallest absolute Gasteiger partial charge is 0.328 e. The SMILES string of the molecule is Cc1ccc(C(=O)NCCc2ccc(S(=O)(=O)NC(=O)NC3CCCCC3)cc2)nc1. The topological polar surface area (TPSA) is 117 Å². The number of rotatable bonds is 7. The Morgan fingerprint density at radius 1 is 1.03 bits per heavy atom. The first-order valence-corrected chi connectivity index (χ1v) is 11.9. The highest BCUT2D eigenvalue weighted by Crippen LogP contribution is 2.17. The Hall–Kier alpha value is -2.94. The van der Waals surface area contributed by atoms with Gasteiger partial charge in [0.15, 0.2) is 0 Å². The Morgan fingerprint density at radius 3 is 2.39 bits per heavy atom. The third-order valence-electron chi connectivity index (χ3n) is 5.24. The number of sulfonamides is 1. The fraction of sp³-hybridized carbons (Fsp3) is 0.409. The summed E-state index contributed by atoms with van der Waals surface area (Å²) in [5.41, 5.74) is 2.19. The Bertz CT molecular complexity index is 999. The lowest BCUT2D eigenvalue weighted by molar-refractivity contribution is 0.0949. The maximum absolute atomic E-state index is 12.4. The zero-order chi connectivity index (χ0) is 22.3. The van der Waals surface area contributed by atoms with Crippen LogP contribution >= 0.6 is 0 Å². The molecular formula is C22H28N4O4S. The van der Waals surface area contributed by atoms with Gasteiger partial charge in [-0.3, -0.25) is 9.78 Å². The zero-order valence-corrected chi connectivity index (χ0v) is 18.4. The first-order chi connectivity index (χ1) is 14.8. The highest BCUT2D eigenvalue weighted by Gasteiger charge is 2.21. The van der Waals surface area contributed by atoms with Crippen LogP contribution in [-0.4, -0.2) is 37.9 Å². The molecule has 0 bridgehead atoms. The molecule has 3 N–H and O–H groups in total. The Kier molecular flexibility index (Phi) is 7.62. The molecule has 1 fully saturated rings. The van der Waals surface area contributed by atoms with Crippen molar-refractivity contribution in [1.82, 2.24) is 20.3 Å². The standard InChI is InChI=1S/C22H28N4O4S/c1-16-7-12-20(24-15-16)21(27)23-14-13-17-8-10-19(11-9-17)31(29,30)26-22(28)25-18-5-3-2-4-6-18/h7-12,15,18H,2-6,13-14H2,1H3,(H,23,27)(H2,25,26,28). The van der Waals surface area contributed by atoms with Crippen LogP contribution in [0.15, 0.2) is 47.5 Å². The van der Waals surface area contributed by atoms with Gasteiger partial charge >= 0.3 is 6.03 Å². The molecule has 8 nitrogen and oxygen atoms in total. The maximum atomic E-state index is 12.4. The molecule has 1 aromatic heterocycles. The van der Waals surface area contributed by atoms with Crippen LogP contribution in [0.25, 0.3) is 0 Å². The Morgan fingerprint density at radius 2 is 1.74 bits per heavy atom. The van der Waals surface area contributed by atoms with E-state index in [1.54, 1.807) is 24.4 Å². The van der Waals surface area contributed by atoms with E-state index in [1.807, 2.05) is 13.0 Å². The number of nitrogens with one attached hydrogen (secondary N) is 3. The van der Waals surface area contributed by atoms with Gasteiger partial charge in [0.05, 0.1) is 4.90 Å². The minimum absolute atomic E-state index is 0.0166. The molecule has 1 saturated carbocycles. The van der Waals surface area contributed by atoms with Gasteiger partial charge in [-0.1, -0.05) is 37.5 Å². The maximum Gasteiger partial charge on any atom is 0.328 e. The molecule has 0 aliphatic heterocycles. The van der Waals surface area contributed by atoms with Crippen molar-refractivity contribution in [3.63, 3.8) is 0 Å². The number of amides is 3. The molecule has 2 aromatic rings. The monoisotopic (exact) mass is 444 g/mol. The summed E-state index contributed by atoms with van der Waals surface area (Å²) in [5, 5.41) is 5.53. The fourth-order valence-corrected chi connectivity index (χ4v) is 4.41. The van der Waals surface area contributed by atoms with E-state index in [9.17, 15) is 18.0 Å². The molecule has 3 rings (SSSR count). The van der Waals surface area contributed by atoms with Crippen molar-refractivity contribution >= 4 is 22.0 Å². The van der Waals surface area contributed by atoms with E-state index in [0.29, 0.717) is 18.7 Å². The summed E-state index contributed by atoms with van der Waals surface area (Å²) in [6.07, 6.45) is 7.15. The average molecular weight is 445 g/mol. The summed E-state index contributed by atoms with van der Waals surface area (Å²) in [5.74, 6) is -0.257. The zero-order valence-electron chi connectivity index (χ0n) is 17.6. The normalized spacial score (nSPS) is 14.6. The van der Waals surface area contributed by atoms with Crippen LogP contribution in [0, 0.1) is 6.92 Å². The van der Waals surface area contributed by atoms with Crippen LogP contribution in [-0.2, 0) is 16.4 Å². The van der Waals surface area contributed by atoms with E-state index in [2.05, 4.69) is 20.3 Å². The van der Waals surface area contributed by atoms with Crippen molar-refractivity contribution in [1.29, 1.82) is 0 Å². The Labute approximate surface area is 182 Å². The molecule has 0 radical (unpaired) electrons. The van der Waals surface area contributed by atoms with Gasteiger partial charge in [0, 0.05) is 18.8 Å². The van der Waals surface area contributed by atoms with Crippen molar-refractivity contribution in [2.75, 3.05) is 6.54 Å². The molecule has 1 aliphatic rings. The molecular weight excluding hydrogens is 416 g/mol. The van der Waals surface area contributed by atoms with Crippen molar-refractivity contribution in [2.45, 2.75) is 56.4 Å². The number of urea groups is 1. The molecule has 166 valence electrons. The highest BCUT2D eigenvalue weighted by atomic mass is 32.2. The third kappa shape index (κ3) is 6.78. The van der Waals surface area contributed by atoms with Gasteiger partial charge in [-0.25, -0.2) is 17.9 Å². The summed E-state index contributed by atoms with van der Waals surface area (Å²) in [6, 6.07) is 9.07. The van der Waals surface area contributed by atoms with Crippen LogP contribution in [0.4, 0.5) is 4.79 Å². The summed E-state index contributed by atoms with van der Waals surface area (Å²) in [4.78, 5) is 28.2. The first kappa shape index (κ1) is 22.7. The van der Waals surface area contributed by atoms with Crippen LogP contribution in [0.1, 0.15) is 53.7 Å². The molecule has 0 atom stereocenters. The van der Waals surface area contributed by atoms with E-state index in [0.717, 1.165) is 43.2 Å².